The molecule has 102 valence electrons. The van der Waals surface area contributed by atoms with Crippen LogP contribution in [0, 0.1) is 0 Å². The van der Waals surface area contributed by atoms with Gasteiger partial charge in [0.25, 0.3) is 5.91 Å². The molecule has 0 aliphatic carbocycles. The Morgan fingerprint density at radius 2 is 1.80 bits per heavy atom. The van der Waals surface area contributed by atoms with Gasteiger partial charge in [0, 0.05) is 16.1 Å². The van der Waals surface area contributed by atoms with Gasteiger partial charge in [-0.05, 0) is 48.2 Å². The number of benzene rings is 2. The first-order valence-electron chi connectivity index (χ1n) is 6.02. The van der Waals surface area contributed by atoms with E-state index < -0.39 is 0 Å². The molecule has 5 heteroatoms. The molecule has 0 saturated carbocycles. The first-order valence-corrected chi connectivity index (χ1v) is 7.24. The molecule has 0 saturated heterocycles. The highest BCUT2D eigenvalue weighted by Gasteiger charge is 2.02. The molecule has 0 atom stereocenters. The Balaban J connectivity index is 1.95. The SMILES string of the molecule is CSc1ccc(C=NNC(=O)c2ccc(N)cc2)cc1. The van der Waals surface area contributed by atoms with Gasteiger partial charge in [-0.25, -0.2) is 5.43 Å². The predicted molar refractivity (Wildman–Crippen MR) is 84.1 cm³/mol. The van der Waals surface area contributed by atoms with Gasteiger partial charge in [0.15, 0.2) is 0 Å². The van der Waals surface area contributed by atoms with Crippen LogP contribution in [0.25, 0.3) is 0 Å². The number of nitrogens with two attached hydrogens (primary N) is 1. The van der Waals surface area contributed by atoms with E-state index in [4.69, 9.17) is 5.73 Å². The van der Waals surface area contributed by atoms with E-state index in [-0.39, 0.29) is 5.91 Å². The van der Waals surface area contributed by atoms with Crippen LogP contribution in [0.3, 0.4) is 0 Å². The Labute approximate surface area is 122 Å². The van der Waals surface area contributed by atoms with Crippen LogP contribution in [-0.4, -0.2) is 18.4 Å². The fraction of sp³-hybridized carbons (Fsp3) is 0.0667. The monoisotopic (exact) mass is 285 g/mol. The minimum atomic E-state index is -0.262. The number of carbonyl (C=O) groups is 1. The first-order chi connectivity index (χ1) is 9.69. The van der Waals surface area contributed by atoms with Crippen molar-refractivity contribution >= 4 is 29.6 Å². The number of thioether (sulfide) groups is 1. The van der Waals surface area contributed by atoms with Crippen molar-refractivity contribution in [2.75, 3.05) is 12.0 Å². The van der Waals surface area contributed by atoms with Crippen LogP contribution in [0.15, 0.2) is 58.5 Å². The summed E-state index contributed by atoms with van der Waals surface area (Å²) in [4.78, 5) is 13.0. The number of nitrogens with one attached hydrogen (secondary N) is 1. The molecule has 1 amide bonds. The third-order valence-corrected chi connectivity index (χ3v) is 3.41. The van der Waals surface area contributed by atoms with Crippen LogP contribution in [0.5, 0.6) is 0 Å². The van der Waals surface area contributed by atoms with E-state index in [2.05, 4.69) is 10.5 Å². The lowest BCUT2D eigenvalue weighted by Crippen LogP contribution is -2.17. The lowest BCUT2D eigenvalue weighted by Gasteiger charge is -2.00. The summed E-state index contributed by atoms with van der Waals surface area (Å²) in [5.74, 6) is -0.262. The molecule has 0 radical (unpaired) electrons. The zero-order valence-corrected chi connectivity index (χ0v) is 11.9. The van der Waals surface area contributed by atoms with E-state index in [0.29, 0.717) is 11.3 Å². The van der Waals surface area contributed by atoms with Gasteiger partial charge in [-0.3, -0.25) is 4.79 Å². The van der Waals surface area contributed by atoms with E-state index in [1.165, 1.54) is 4.90 Å². The van der Waals surface area contributed by atoms with Gasteiger partial charge in [-0.1, -0.05) is 12.1 Å². The number of nitrogens with zero attached hydrogens (tertiary/aromatic N) is 1. The number of amides is 1. The highest BCUT2D eigenvalue weighted by molar-refractivity contribution is 7.98. The van der Waals surface area contributed by atoms with Gasteiger partial charge < -0.3 is 5.73 Å². The normalized spacial score (nSPS) is 10.7. The number of rotatable bonds is 4. The second-order valence-corrected chi connectivity index (χ2v) is 4.97. The largest absolute Gasteiger partial charge is 0.399 e. The van der Waals surface area contributed by atoms with E-state index in [0.717, 1.165) is 5.56 Å². The molecular weight excluding hydrogens is 270 g/mol. The third kappa shape index (κ3) is 3.86. The Hall–Kier alpha value is -2.27. The minimum Gasteiger partial charge on any atom is -0.399 e. The molecule has 0 bridgehead atoms. The topological polar surface area (TPSA) is 67.5 Å². The molecule has 2 aromatic rings. The Morgan fingerprint density at radius 3 is 2.40 bits per heavy atom. The molecule has 0 spiro atoms. The zero-order valence-electron chi connectivity index (χ0n) is 11.0. The fourth-order valence-corrected chi connectivity index (χ4v) is 1.96. The summed E-state index contributed by atoms with van der Waals surface area (Å²) in [5, 5.41) is 3.93. The van der Waals surface area contributed by atoms with Crippen molar-refractivity contribution in [2.24, 2.45) is 5.10 Å². The van der Waals surface area contributed by atoms with Crippen LogP contribution in [0.2, 0.25) is 0 Å². The maximum absolute atomic E-state index is 11.8. The molecule has 0 aromatic heterocycles. The summed E-state index contributed by atoms with van der Waals surface area (Å²) in [6.45, 7) is 0. The van der Waals surface area contributed by atoms with E-state index >= 15 is 0 Å². The molecule has 0 unspecified atom stereocenters. The summed E-state index contributed by atoms with van der Waals surface area (Å²) < 4.78 is 0. The second kappa shape index (κ2) is 6.77. The van der Waals surface area contributed by atoms with Crippen LogP contribution in [0.1, 0.15) is 15.9 Å². The number of nitrogen functional groups attached to an aromatic ring is 1. The van der Waals surface area contributed by atoms with Crippen molar-refractivity contribution in [3.05, 3.63) is 59.7 Å². The average molecular weight is 285 g/mol. The molecule has 4 nitrogen and oxygen atoms in total. The second-order valence-electron chi connectivity index (χ2n) is 4.09. The minimum absolute atomic E-state index is 0.262. The molecule has 0 aliphatic rings. The van der Waals surface area contributed by atoms with Crippen LogP contribution >= 0.6 is 11.8 Å². The summed E-state index contributed by atoms with van der Waals surface area (Å²) in [6, 6.07) is 14.6. The van der Waals surface area contributed by atoms with Gasteiger partial charge >= 0.3 is 0 Å². The standard InChI is InChI=1S/C15H15N3OS/c1-20-14-8-2-11(3-9-14)10-17-18-15(19)12-4-6-13(16)7-5-12/h2-10H,16H2,1H3,(H,18,19). The highest BCUT2D eigenvalue weighted by Crippen LogP contribution is 2.13. The van der Waals surface area contributed by atoms with Crippen molar-refractivity contribution in [1.29, 1.82) is 0 Å². The third-order valence-electron chi connectivity index (χ3n) is 2.67. The fourth-order valence-electron chi connectivity index (χ4n) is 1.55. The molecule has 3 N–H and O–H groups in total. The van der Waals surface area contributed by atoms with Crippen molar-refractivity contribution in [1.82, 2.24) is 5.43 Å². The maximum atomic E-state index is 11.8. The Morgan fingerprint density at radius 1 is 1.15 bits per heavy atom. The molecule has 2 rings (SSSR count). The Bertz CT molecular complexity index is 606. The number of carbonyl (C=O) groups excluding carboxylic acids is 1. The summed E-state index contributed by atoms with van der Waals surface area (Å²) in [7, 11) is 0. The summed E-state index contributed by atoms with van der Waals surface area (Å²) in [5.41, 5.74) is 10.1. The molecule has 0 fully saturated rings. The van der Waals surface area contributed by atoms with Gasteiger partial charge in [-0.15, -0.1) is 11.8 Å². The number of anilines is 1. The number of hydrogen-bond acceptors (Lipinski definition) is 4. The van der Waals surface area contributed by atoms with E-state index in [1.54, 1.807) is 42.2 Å². The zero-order chi connectivity index (χ0) is 14.4. The van der Waals surface area contributed by atoms with Gasteiger partial charge in [-0.2, -0.15) is 5.10 Å². The van der Waals surface area contributed by atoms with E-state index in [9.17, 15) is 4.79 Å². The van der Waals surface area contributed by atoms with Crippen molar-refractivity contribution in [3.8, 4) is 0 Å². The molecule has 20 heavy (non-hydrogen) atoms. The molecule has 0 aliphatic heterocycles. The van der Waals surface area contributed by atoms with Crippen molar-refractivity contribution in [2.45, 2.75) is 4.90 Å². The number of hydrogen-bond donors (Lipinski definition) is 2. The Kier molecular flexibility index (Phi) is 4.79. The van der Waals surface area contributed by atoms with Crippen molar-refractivity contribution in [3.63, 3.8) is 0 Å². The lowest BCUT2D eigenvalue weighted by atomic mass is 10.2. The highest BCUT2D eigenvalue weighted by atomic mass is 32.2. The predicted octanol–water partition coefficient (Wildman–Crippen LogP) is 2.75. The van der Waals surface area contributed by atoms with Crippen LogP contribution < -0.4 is 11.2 Å². The van der Waals surface area contributed by atoms with Gasteiger partial charge in [0.05, 0.1) is 6.21 Å². The first kappa shape index (κ1) is 14.1. The van der Waals surface area contributed by atoms with Crippen LogP contribution in [-0.2, 0) is 0 Å². The lowest BCUT2D eigenvalue weighted by molar-refractivity contribution is 0.0955. The summed E-state index contributed by atoms with van der Waals surface area (Å²) >= 11 is 1.68. The van der Waals surface area contributed by atoms with Gasteiger partial charge in [0.1, 0.15) is 0 Å². The van der Waals surface area contributed by atoms with E-state index in [1.807, 2.05) is 30.5 Å². The van der Waals surface area contributed by atoms with Crippen molar-refractivity contribution < 1.29 is 4.79 Å². The van der Waals surface area contributed by atoms with Crippen LogP contribution in [0.4, 0.5) is 5.69 Å². The molecule has 0 heterocycles. The quantitative estimate of drug-likeness (QED) is 0.393. The maximum Gasteiger partial charge on any atom is 0.271 e. The number of hydrazone groups is 1. The molecule has 2 aromatic carbocycles. The molecular formula is C15H15N3OS. The smallest absolute Gasteiger partial charge is 0.271 e. The average Bonchev–Trinajstić information content (AvgIpc) is 2.48. The summed E-state index contributed by atoms with van der Waals surface area (Å²) in [6.07, 6.45) is 3.63. The van der Waals surface area contributed by atoms with Gasteiger partial charge in [0.2, 0.25) is 0 Å².